The molecular weight excluding hydrogens is 1680 g/mol. The first-order valence-electron chi connectivity index (χ1n) is 44.6. The molecule has 37 heteroatoms. The molecule has 0 saturated carbocycles. The lowest BCUT2D eigenvalue weighted by Gasteiger charge is -2.39. The van der Waals surface area contributed by atoms with Gasteiger partial charge >= 0.3 is 0 Å². The third-order valence-corrected chi connectivity index (χ3v) is 22.8. The van der Waals surface area contributed by atoms with E-state index >= 15 is 0 Å². The van der Waals surface area contributed by atoms with E-state index in [1.165, 1.54) is 0 Å². The van der Waals surface area contributed by atoms with Crippen molar-refractivity contribution in [2.45, 2.75) is 275 Å². The van der Waals surface area contributed by atoms with Crippen LogP contribution in [0.25, 0.3) is 0 Å². The molecule has 3 saturated heterocycles. The van der Waals surface area contributed by atoms with Crippen molar-refractivity contribution in [3.8, 4) is 23.0 Å². The number of benzene rings is 4. The van der Waals surface area contributed by atoms with E-state index in [1.54, 1.807) is 14.0 Å². The molecule has 718 valence electrons. The van der Waals surface area contributed by atoms with Gasteiger partial charge in [-0.1, -0.05) is 154 Å². The van der Waals surface area contributed by atoms with Crippen LogP contribution in [0.4, 0.5) is 0 Å². The maximum Gasteiger partial charge on any atom is 0.186 e. The second-order valence-corrected chi connectivity index (χ2v) is 37.2. The van der Waals surface area contributed by atoms with E-state index in [0.29, 0.717) is 86.3 Å². The van der Waals surface area contributed by atoms with Gasteiger partial charge < -0.3 is 137 Å². The maximum atomic E-state index is 10.4. The molecule has 4 aliphatic rings. The Morgan fingerprint density at radius 2 is 0.527 bits per heavy atom. The van der Waals surface area contributed by atoms with Crippen LogP contribution in [0, 0.1) is 0 Å². The van der Waals surface area contributed by atoms with E-state index in [-0.39, 0.29) is 135 Å². The van der Waals surface area contributed by atoms with Gasteiger partial charge in [0.1, 0.15) is 133 Å². The smallest absolute Gasteiger partial charge is 0.186 e. The van der Waals surface area contributed by atoms with Crippen molar-refractivity contribution in [3.63, 3.8) is 0 Å². The standard InChI is InChI=1S/C92H137N9O28/c1-14-18-120-82-55-34-57-40-64(90(5,6)7)42-59(83(57)124-52-67-46-99(96-93-67)15-19-114-22-25-117-28-31-121-86-79(111)76(108)73(105)70(49-102)127-86)36-61-44-66(92(11,12)13)45-62(85(61)126-54-69-48-101(98-95-69)17-21-116-24-27-119-30-33-123-88-81(113)78(110)75(107)72(51-104)129-88)37-60-43-65(91(8,9)10)41-58(35-56(82)39-63(38-55)89(2,3)4)84(60)125-53-68-47-100(97-94-68)16-20-115-23-26-118-29-32-122-87-80(112)77(109)74(106)71(50-103)128-87/h38-48,70-81,86-88,102-113H,14-37,49-54H2,1-13H3/t70-,71-,72-,73+,74+,75+,76+,77+,78+,79-,80-,81-,86-,87-,88-/m1/s1. The summed E-state index contributed by atoms with van der Waals surface area (Å²) in [6, 6.07) is 18.2. The largest absolute Gasteiger partial charge is 0.493 e. The van der Waals surface area contributed by atoms with Gasteiger partial charge in [-0.3, -0.25) is 0 Å². The number of aromatic nitrogens is 9. The Morgan fingerprint density at radius 1 is 0.302 bits per heavy atom. The number of rotatable bonds is 45. The van der Waals surface area contributed by atoms with E-state index in [2.05, 4.69) is 169 Å². The Labute approximate surface area is 753 Å². The monoisotopic (exact) mass is 1820 g/mol. The lowest BCUT2D eigenvalue weighted by Crippen LogP contribution is -2.59. The molecule has 129 heavy (non-hydrogen) atoms. The van der Waals surface area contributed by atoms with Crippen LogP contribution in [0.1, 0.15) is 180 Å². The molecule has 12 N–H and O–H groups in total. The van der Waals surface area contributed by atoms with Crippen molar-refractivity contribution in [2.24, 2.45) is 0 Å². The first kappa shape index (κ1) is 102. The van der Waals surface area contributed by atoms with E-state index in [0.717, 1.165) is 78.9 Å². The third kappa shape index (κ3) is 28.3. The second kappa shape index (κ2) is 47.4. The first-order valence-corrected chi connectivity index (χ1v) is 44.6. The highest BCUT2D eigenvalue weighted by atomic mass is 16.7. The van der Waals surface area contributed by atoms with Gasteiger partial charge in [-0.15, -0.1) is 15.3 Å². The predicted molar refractivity (Wildman–Crippen MR) is 465 cm³/mol. The zero-order valence-electron chi connectivity index (χ0n) is 76.6. The normalized spacial score (nSPS) is 23.6. The van der Waals surface area contributed by atoms with Crippen molar-refractivity contribution in [3.05, 3.63) is 151 Å². The van der Waals surface area contributed by atoms with Crippen LogP contribution in [0.15, 0.2) is 67.1 Å². The predicted octanol–water partition coefficient (Wildman–Crippen LogP) is 3.40. The highest BCUT2D eigenvalue weighted by Crippen LogP contribution is 2.46. The number of hydrogen-bond acceptors (Lipinski definition) is 34. The summed E-state index contributed by atoms with van der Waals surface area (Å²) in [7, 11) is 0. The van der Waals surface area contributed by atoms with Crippen LogP contribution in [-0.4, -0.2) is 324 Å². The zero-order valence-corrected chi connectivity index (χ0v) is 76.6. The molecule has 7 aromatic rings. The van der Waals surface area contributed by atoms with Crippen molar-refractivity contribution in [1.82, 2.24) is 45.0 Å². The van der Waals surface area contributed by atoms with Crippen molar-refractivity contribution in [1.29, 1.82) is 0 Å². The highest BCUT2D eigenvalue weighted by molar-refractivity contribution is 5.60. The fraction of sp³-hybridized carbons (Fsp3) is 0.674. The highest BCUT2D eigenvalue weighted by Gasteiger charge is 2.47. The molecule has 3 aliphatic heterocycles. The summed E-state index contributed by atoms with van der Waals surface area (Å²) in [5, 5.41) is 148. The second-order valence-electron chi connectivity index (χ2n) is 37.2. The summed E-state index contributed by atoms with van der Waals surface area (Å²) in [6.07, 6.45) is -13.0. The van der Waals surface area contributed by atoms with Gasteiger partial charge in [-0.2, -0.15) is 0 Å². The Kier molecular flexibility index (Phi) is 37.5. The Bertz CT molecular complexity index is 4380. The zero-order chi connectivity index (χ0) is 92.9. The summed E-state index contributed by atoms with van der Waals surface area (Å²) in [6.45, 7) is 31.3. The number of hydrogen-bond donors (Lipinski definition) is 12. The van der Waals surface area contributed by atoms with E-state index in [9.17, 15) is 61.3 Å². The molecule has 0 amide bonds. The summed E-state index contributed by atoms with van der Waals surface area (Å²) in [4.78, 5) is 0. The minimum Gasteiger partial charge on any atom is -0.493 e. The Balaban J connectivity index is 0.886. The molecule has 11 rings (SSSR count). The summed E-state index contributed by atoms with van der Waals surface area (Å²) >= 11 is 0. The minimum atomic E-state index is -1.56. The molecule has 15 atom stereocenters. The van der Waals surface area contributed by atoms with Crippen LogP contribution in [-0.2, 0) is 144 Å². The van der Waals surface area contributed by atoms with E-state index in [1.807, 2.05) is 18.6 Å². The van der Waals surface area contributed by atoms with Crippen molar-refractivity contribution >= 4 is 0 Å². The maximum absolute atomic E-state index is 10.4. The summed E-state index contributed by atoms with van der Waals surface area (Å²) in [5.74, 6) is 2.76. The van der Waals surface area contributed by atoms with E-state index < -0.39 is 117 Å². The fourth-order valence-corrected chi connectivity index (χ4v) is 15.3. The average molecular weight is 1820 g/mol. The van der Waals surface area contributed by atoms with Crippen LogP contribution in [0.2, 0.25) is 0 Å². The van der Waals surface area contributed by atoms with Gasteiger partial charge in [-0.05, 0) is 94.8 Å². The summed E-state index contributed by atoms with van der Waals surface area (Å²) < 4.78 is 102. The third-order valence-electron chi connectivity index (χ3n) is 22.8. The number of aliphatic hydroxyl groups is 12. The molecule has 0 unspecified atom stereocenters. The molecule has 3 fully saturated rings. The first-order chi connectivity index (χ1) is 61.5. The molecular formula is C92H137N9O28. The van der Waals surface area contributed by atoms with Crippen molar-refractivity contribution < 1.29 is 137 Å². The molecule has 6 heterocycles. The Morgan fingerprint density at radius 3 is 0.752 bits per heavy atom. The quantitative estimate of drug-likeness (QED) is 0.0243. The van der Waals surface area contributed by atoms with E-state index in [4.69, 9.17) is 75.8 Å². The summed E-state index contributed by atoms with van der Waals surface area (Å²) in [5.41, 5.74) is 12.0. The fourth-order valence-electron chi connectivity index (χ4n) is 15.3. The van der Waals surface area contributed by atoms with Gasteiger partial charge in [-0.25, -0.2) is 14.0 Å². The molecule has 3 aromatic heterocycles. The average Bonchev–Trinajstić information content (AvgIpc) is 0.855. The van der Waals surface area contributed by atoms with Gasteiger partial charge in [0.25, 0.3) is 0 Å². The van der Waals surface area contributed by atoms with Gasteiger partial charge in [0, 0.05) is 25.7 Å². The van der Waals surface area contributed by atoms with Gasteiger partial charge in [0.2, 0.25) is 0 Å². The molecule has 0 radical (unpaired) electrons. The van der Waals surface area contributed by atoms with Crippen molar-refractivity contribution in [2.75, 3.05) is 126 Å². The molecule has 4 aromatic carbocycles. The number of aliphatic hydroxyl groups excluding tert-OH is 12. The van der Waals surface area contributed by atoms with Gasteiger partial charge in [0.05, 0.1) is 164 Å². The SMILES string of the molecule is CCCOc1c2cc(C(C)(C)C)cc1Cc1cc(C(C)(C)C)cc(c1OCc1cn(CCOCCOCCO[C@@H]3O[C@H](CO)[C@H](O)[C@H](O)[C@H]3O)nn1)Cc1cc(C(C)(C)C)cc(c1OCc1cn(CCOCCOCCO[C@@H]3O[C@H](CO)[C@H](O)[C@H](O)[C@H]3O)nn1)Cc1cc(C(C)(C)C)cc(c1OCc1cn(CCOCCOCCO[C@@H]3O[C@H](CO)[C@H](O)[C@H](O)[C@H]3O)nn1)C2. The molecule has 8 bridgehead atoms. The van der Waals surface area contributed by atoms with Gasteiger partial charge in [0.15, 0.2) is 18.9 Å². The molecule has 37 nitrogen and oxygen atoms in total. The van der Waals surface area contributed by atoms with Crippen LogP contribution >= 0.6 is 0 Å². The lowest BCUT2D eigenvalue weighted by molar-refractivity contribution is -0.302. The van der Waals surface area contributed by atoms with Crippen LogP contribution in [0.5, 0.6) is 23.0 Å². The minimum absolute atomic E-state index is 0.00310. The number of nitrogens with zero attached hydrogens (tertiary/aromatic N) is 9. The molecule has 1 aliphatic carbocycles. The number of ether oxygens (including phenoxy) is 16. The number of fused-ring (bicyclic) bond motifs is 8. The topological polar surface area (TPSA) is 483 Å². The van der Waals surface area contributed by atoms with Crippen LogP contribution < -0.4 is 18.9 Å². The lowest BCUT2D eigenvalue weighted by atomic mass is 9.79. The van der Waals surface area contributed by atoms with Crippen LogP contribution in [0.3, 0.4) is 0 Å². The molecule has 0 spiro atoms. The Hall–Kier alpha value is -7.46.